The lowest BCUT2D eigenvalue weighted by molar-refractivity contribution is -0.133. The number of benzene rings is 2. The monoisotopic (exact) mass is 554 g/mol. The van der Waals surface area contributed by atoms with Crippen LogP contribution < -0.4 is 9.47 Å². The fourth-order valence-electron chi connectivity index (χ4n) is 5.09. The van der Waals surface area contributed by atoms with Crippen molar-refractivity contribution in [2.24, 2.45) is 0 Å². The molecule has 1 saturated carbocycles. The maximum atomic E-state index is 14.0. The summed E-state index contributed by atoms with van der Waals surface area (Å²) in [5.74, 6) is 1.14. The van der Waals surface area contributed by atoms with Crippen LogP contribution in [0.15, 0.2) is 58.8 Å². The van der Waals surface area contributed by atoms with Crippen LogP contribution in [0.3, 0.4) is 0 Å². The van der Waals surface area contributed by atoms with Crippen LogP contribution in [-0.4, -0.2) is 42.9 Å². The summed E-state index contributed by atoms with van der Waals surface area (Å²) in [6.07, 6.45) is 4.56. The van der Waals surface area contributed by atoms with E-state index >= 15 is 0 Å². The first-order valence-electron chi connectivity index (χ1n) is 13.1. The number of amides is 1. The number of carbonyl (C=O) groups is 1. The second-order valence-corrected chi connectivity index (χ2v) is 13.0. The molecule has 1 fully saturated rings. The number of aryl methyl sites for hydroxylation is 2. The lowest BCUT2D eigenvalue weighted by Gasteiger charge is -2.34. The largest absolute Gasteiger partial charge is 0.454 e. The van der Waals surface area contributed by atoms with Gasteiger partial charge >= 0.3 is 0 Å². The summed E-state index contributed by atoms with van der Waals surface area (Å²) >= 11 is 1.61. The van der Waals surface area contributed by atoms with Crippen LogP contribution in [-0.2, 0) is 27.9 Å². The van der Waals surface area contributed by atoms with Crippen LogP contribution in [0.2, 0.25) is 0 Å². The summed E-state index contributed by atoms with van der Waals surface area (Å²) in [6, 6.07) is 14.4. The molecule has 1 aliphatic carbocycles. The maximum Gasteiger partial charge on any atom is 0.243 e. The van der Waals surface area contributed by atoms with Crippen molar-refractivity contribution in [1.82, 2.24) is 9.21 Å². The number of hydrogen-bond acceptors (Lipinski definition) is 6. The molecule has 0 spiro atoms. The molecular formula is C29H34N2O5S2. The van der Waals surface area contributed by atoms with E-state index in [0.29, 0.717) is 24.6 Å². The fraction of sp³-hybridized carbons (Fsp3) is 0.414. The highest BCUT2D eigenvalue weighted by atomic mass is 32.2. The molecule has 38 heavy (non-hydrogen) atoms. The van der Waals surface area contributed by atoms with Crippen molar-refractivity contribution in [2.45, 2.75) is 70.0 Å². The van der Waals surface area contributed by atoms with Crippen molar-refractivity contribution in [1.29, 1.82) is 0 Å². The third-order valence-corrected chi connectivity index (χ3v) is 10.3. The van der Waals surface area contributed by atoms with Gasteiger partial charge in [-0.05, 0) is 73.5 Å². The molecule has 2 heterocycles. The van der Waals surface area contributed by atoms with Crippen molar-refractivity contribution >= 4 is 27.3 Å². The molecule has 1 amide bonds. The SMILES string of the molecule is Cc1ccc(S(=O)(=O)N(CC(=O)N(Cc2ccc3c(c2)OCO3)Cc2sccc2C)C2CCCCC2)cc1. The highest BCUT2D eigenvalue weighted by molar-refractivity contribution is 7.89. The minimum absolute atomic E-state index is 0.184. The molecule has 0 atom stereocenters. The van der Waals surface area contributed by atoms with Crippen molar-refractivity contribution in [2.75, 3.05) is 13.3 Å². The van der Waals surface area contributed by atoms with Gasteiger partial charge in [-0.25, -0.2) is 8.42 Å². The van der Waals surface area contributed by atoms with E-state index in [1.807, 2.05) is 43.5 Å². The highest BCUT2D eigenvalue weighted by Gasteiger charge is 2.35. The Labute approximate surface area is 229 Å². The standard InChI is InChI=1S/C29H34N2O5S2/c1-21-8-11-25(12-9-21)38(33,34)31(24-6-4-3-5-7-24)19-29(32)30(18-28-22(2)14-15-37-28)17-23-10-13-26-27(16-23)36-20-35-26/h8-16,24H,3-7,17-20H2,1-2H3. The second kappa shape index (κ2) is 11.5. The fourth-order valence-corrected chi connectivity index (χ4v) is 7.64. The molecule has 1 aromatic heterocycles. The predicted molar refractivity (Wildman–Crippen MR) is 148 cm³/mol. The van der Waals surface area contributed by atoms with Crippen molar-refractivity contribution < 1.29 is 22.7 Å². The maximum absolute atomic E-state index is 14.0. The topological polar surface area (TPSA) is 76.2 Å². The second-order valence-electron chi connectivity index (χ2n) is 10.1. The van der Waals surface area contributed by atoms with Crippen LogP contribution in [0.5, 0.6) is 11.5 Å². The number of thiophene rings is 1. The number of rotatable bonds is 9. The predicted octanol–water partition coefficient (Wildman–Crippen LogP) is 5.65. The Morgan fingerprint density at radius 1 is 0.947 bits per heavy atom. The molecule has 1 aliphatic heterocycles. The molecule has 2 aliphatic rings. The Kier molecular flexibility index (Phi) is 8.07. The van der Waals surface area contributed by atoms with Crippen LogP contribution in [0.25, 0.3) is 0 Å². The molecule has 2 aromatic carbocycles. The van der Waals surface area contributed by atoms with E-state index in [1.54, 1.807) is 40.5 Å². The minimum atomic E-state index is -3.85. The van der Waals surface area contributed by atoms with Gasteiger partial charge in [0.15, 0.2) is 11.5 Å². The number of sulfonamides is 1. The van der Waals surface area contributed by atoms with Gasteiger partial charge in [-0.2, -0.15) is 4.31 Å². The average Bonchev–Trinajstić information content (AvgIpc) is 3.55. The summed E-state index contributed by atoms with van der Waals surface area (Å²) in [5, 5.41) is 2.02. The molecule has 7 nitrogen and oxygen atoms in total. The normalized spacial score (nSPS) is 15.7. The minimum Gasteiger partial charge on any atom is -0.454 e. The van der Waals surface area contributed by atoms with E-state index < -0.39 is 10.0 Å². The van der Waals surface area contributed by atoms with Gasteiger partial charge in [0.2, 0.25) is 22.7 Å². The lowest BCUT2D eigenvalue weighted by atomic mass is 9.95. The summed E-state index contributed by atoms with van der Waals surface area (Å²) in [7, 11) is -3.85. The van der Waals surface area contributed by atoms with Crippen molar-refractivity contribution in [3.05, 3.63) is 75.5 Å². The van der Waals surface area contributed by atoms with E-state index in [9.17, 15) is 13.2 Å². The molecule has 0 unspecified atom stereocenters. The van der Waals surface area contributed by atoms with Crippen LogP contribution >= 0.6 is 11.3 Å². The van der Waals surface area contributed by atoms with E-state index in [0.717, 1.165) is 53.7 Å². The first-order valence-corrected chi connectivity index (χ1v) is 15.4. The van der Waals surface area contributed by atoms with E-state index in [-0.39, 0.29) is 30.2 Å². The van der Waals surface area contributed by atoms with Gasteiger partial charge in [0.25, 0.3) is 0 Å². The summed E-state index contributed by atoms with van der Waals surface area (Å²) in [6.45, 7) is 4.72. The first kappa shape index (κ1) is 26.7. The highest BCUT2D eigenvalue weighted by Crippen LogP contribution is 2.33. The third kappa shape index (κ3) is 5.90. The zero-order valence-electron chi connectivity index (χ0n) is 21.9. The Balaban J connectivity index is 1.44. The molecule has 0 saturated heterocycles. The van der Waals surface area contributed by atoms with Gasteiger partial charge in [-0.3, -0.25) is 4.79 Å². The first-order chi connectivity index (χ1) is 18.3. The van der Waals surface area contributed by atoms with Crippen LogP contribution in [0.4, 0.5) is 0 Å². The van der Waals surface area contributed by atoms with Crippen LogP contribution in [0, 0.1) is 13.8 Å². The van der Waals surface area contributed by atoms with Gasteiger partial charge < -0.3 is 14.4 Å². The molecule has 9 heteroatoms. The Morgan fingerprint density at radius 3 is 2.39 bits per heavy atom. The Hall–Kier alpha value is -2.88. The number of nitrogens with zero attached hydrogens (tertiary/aromatic N) is 2. The van der Waals surface area contributed by atoms with Gasteiger partial charge in [0, 0.05) is 17.5 Å². The number of fused-ring (bicyclic) bond motifs is 1. The van der Waals surface area contributed by atoms with Crippen LogP contribution in [0.1, 0.15) is 53.7 Å². The molecule has 0 bridgehead atoms. The third-order valence-electron chi connectivity index (χ3n) is 7.37. The van der Waals surface area contributed by atoms with Crippen molar-refractivity contribution in [3.8, 4) is 11.5 Å². The van der Waals surface area contributed by atoms with E-state index in [4.69, 9.17) is 9.47 Å². The molecular weight excluding hydrogens is 520 g/mol. The van der Waals surface area contributed by atoms with Gasteiger partial charge in [0.05, 0.1) is 18.0 Å². The smallest absolute Gasteiger partial charge is 0.243 e. The van der Waals surface area contributed by atoms with Gasteiger partial charge in [-0.15, -0.1) is 11.3 Å². The molecule has 0 radical (unpaired) electrons. The van der Waals surface area contributed by atoms with Gasteiger partial charge in [0.1, 0.15) is 0 Å². The zero-order valence-corrected chi connectivity index (χ0v) is 23.5. The van der Waals surface area contributed by atoms with E-state index in [2.05, 4.69) is 0 Å². The molecule has 5 rings (SSSR count). The van der Waals surface area contributed by atoms with Crippen molar-refractivity contribution in [3.63, 3.8) is 0 Å². The Bertz CT molecular complexity index is 1380. The quantitative estimate of drug-likeness (QED) is 0.342. The molecule has 202 valence electrons. The molecule has 0 N–H and O–H groups in total. The number of carbonyl (C=O) groups excluding carboxylic acids is 1. The zero-order chi connectivity index (χ0) is 26.7. The summed E-state index contributed by atoms with van der Waals surface area (Å²) < 4.78 is 40.2. The van der Waals surface area contributed by atoms with Gasteiger partial charge in [-0.1, -0.05) is 43.0 Å². The summed E-state index contributed by atoms with van der Waals surface area (Å²) in [5.41, 5.74) is 3.02. The van der Waals surface area contributed by atoms with E-state index in [1.165, 1.54) is 4.31 Å². The Morgan fingerprint density at radius 2 is 1.68 bits per heavy atom. The lowest BCUT2D eigenvalue weighted by Crippen LogP contribution is -2.47. The number of ether oxygens (including phenoxy) is 2. The molecule has 3 aromatic rings. The number of hydrogen-bond donors (Lipinski definition) is 0. The summed E-state index contributed by atoms with van der Waals surface area (Å²) in [4.78, 5) is 17.1. The average molecular weight is 555 g/mol.